The van der Waals surface area contributed by atoms with E-state index in [4.69, 9.17) is 4.74 Å². The average molecular weight is 531 g/mol. The summed E-state index contributed by atoms with van der Waals surface area (Å²) in [7, 11) is 3.71. The van der Waals surface area contributed by atoms with Crippen LogP contribution in [0.3, 0.4) is 0 Å². The van der Waals surface area contributed by atoms with Crippen LogP contribution in [0.15, 0.2) is 47.4 Å². The lowest BCUT2D eigenvalue weighted by Gasteiger charge is -2.30. The summed E-state index contributed by atoms with van der Waals surface area (Å²) >= 11 is 1.72. The van der Waals surface area contributed by atoms with E-state index in [0.717, 1.165) is 53.3 Å². The lowest BCUT2D eigenvalue weighted by Crippen LogP contribution is -2.36. The van der Waals surface area contributed by atoms with Crippen LogP contribution in [0.5, 0.6) is 5.75 Å². The van der Waals surface area contributed by atoms with Gasteiger partial charge in [0.2, 0.25) is 0 Å². The van der Waals surface area contributed by atoms with Gasteiger partial charge >= 0.3 is 6.18 Å². The van der Waals surface area contributed by atoms with Crippen molar-refractivity contribution in [2.45, 2.75) is 43.4 Å². The third-order valence-corrected chi connectivity index (χ3v) is 7.30. The van der Waals surface area contributed by atoms with Crippen molar-refractivity contribution >= 4 is 34.0 Å². The van der Waals surface area contributed by atoms with Crippen molar-refractivity contribution in [3.05, 3.63) is 48.2 Å². The van der Waals surface area contributed by atoms with Crippen molar-refractivity contribution in [1.29, 1.82) is 0 Å². The molecule has 1 saturated heterocycles. The van der Waals surface area contributed by atoms with Gasteiger partial charge in [0.25, 0.3) is 0 Å². The predicted octanol–water partition coefficient (Wildman–Crippen LogP) is 6.29. The maximum atomic E-state index is 13.5. The van der Waals surface area contributed by atoms with E-state index in [1.165, 1.54) is 4.57 Å². The number of methoxy groups -OCH3 is 1. The molecule has 0 spiro atoms. The molecule has 1 fully saturated rings. The minimum absolute atomic E-state index is 0.269. The van der Waals surface area contributed by atoms with Gasteiger partial charge in [-0.25, -0.2) is 0 Å². The van der Waals surface area contributed by atoms with Crippen LogP contribution in [0.25, 0.3) is 10.9 Å². The Labute approximate surface area is 220 Å². The maximum absolute atomic E-state index is 13.5. The summed E-state index contributed by atoms with van der Waals surface area (Å²) in [5.74, 6) is 7.64. The van der Waals surface area contributed by atoms with Gasteiger partial charge in [-0.05, 0) is 81.1 Å². The van der Waals surface area contributed by atoms with Gasteiger partial charge in [0, 0.05) is 22.0 Å². The largest absolute Gasteiger partial charge is 0.495 e. The normalized spacial score (nSPS) is 14.9. The quantitative estimate of drug-likeness (QED) is 0.265. The summed E-state index contributed by atoms with van der Waals surface area (Å²) in [5.41, 5.74) is 2.51. The molecular weight excluding hydrogens is 497 g/mol. The van der Waals surface area contributed by atoms with Gasteiger partial charge in [-0.1, -0.05) is 18.9 Å². The molecule has 1 aromatic heterocycles. The summed E-state index contributed by atoms with van der Waals surface area (Å²) in [6, 6.07) is 13.4. The highest BCUT2D eigenvalue weighted by molar-refractivity contribution is 7.99. The van der Waals surface area contributed by atoms with Crippen LogP contribution in [0.4, 0.5) is 24.5 Å². The van der Waals surface area contributed by atoms with Crippen molar-refractivity contribution in [1.82, 2.24) is 9.47 Å². The Morgan fingerprint density at radius 3 is 2.59 bits per heavy atom. The highest BCUT2D eigenvalue weighted by Crippen LogP contribution is 2.32. The van der Waals surface area contributed by atoms with Crippen LogP contribution in [0.1, 0.15) is 25.5 Å². The zero-order valence-electron chi connectivity index (χ0n) is 21.4. The van der Waals surface area contributed by atoms with Crippen LogP contribution in [0, 0.1) is 11.8 Å². The average Bonchev–Trinajstić information content (AvgIpc) is 3.20. The Bertz CT molecular complexity index is 1270. The van der Waals surface area contributed by atoms with Gasteiger partial charge in [-0.2, -0.15) is 13.2 Å². The van der Waals surface area contributed by atoms with Crippen molar-refractivity contribution in [2.24, 2.45) is 0 Å². The fourth-order valence-corrected chi connectivity index (χ4v) is 5.27. The number of hydrogen-bond acceptors (Lipinski definition) is 5. The summed E-state index contributed by atoms with van der Waals surface area (Å²) in [5, 5.41) is 7.54. The van der Waals surface area contributed by atoms with E-state index in [-0.39, 0.29) is 6.54 Å². The Kier molecular flexibility index (Phi) is 8.83. The van der Waals surface area contributed by atoms with Crippen LogP contribution >= 0.6 is 11.8 Å². The van der Waals surface area contributed by atoms with E-state index in [0.29, 0.717) is 23.0 Å². The minimum atomic E-state index is -4.36. The highest BCUT2D eigenvalue weighted by Gasteiger charge is 2.30. The lowest BCUT2D eigenvalue weighted by molar-refractivity contribution is -0.140. The number of aromatic nitrogens is 1. The van der Waals surface area contributed by atoms with Crippen LogP contribution < -0.4 is 15.4 Å². The Balaban J connectivity index is 1.57. The third-order valence-electron chi connectivity index (χ3n) is 6.43. The summed E-state index contributed by atoms with van der Waals surface area (Å²) in [6.07, 6.45) is -2.37. The smallest absolute Gasteiger partial charge is 0.406 e. The molecular formula is C28H33F3N4OS. The molecule has 0 bridgehead atoms. The molecule has 0 radical (unpaired) electrons. The van der Waals surface area contributed by atoms with Crippen molar-refractivity contribution in [3.63, 3.8) is 0 Å². The van der Waals surface area contributed by atoms with Crippen molar-refractivity contribution < 1.29 is 17.9 Å². The first kappa shape index (κ1) is 27.1. The number of nitrogens with one attached hydrogen (secondary N) is 2. The molecule has 37 heavy (non-hydrogen) atoms. The number of hydrogen-bond donors (Lipinski definition) is 2. The molecule has 1 aliphatic heterocycles. The molecule has 0 saturated carbocycles. The number of fused-ring (bicyclic) bond motifs is 1. The highest BCUT2D eigenvalue weighted by atomic mass is 32.2. The third kappa shape index (κ3) is 7.08. The van der Waals surface area contributed by atoms with Gasteiger partial charge in [0.15, 0.2) is 0 Å². The maximum Gasteiger partial charge on any atom is 0.406 e. The number of anilines is 2. The summed E-state index contributed by atoms with van der Waals surface area (Å²) in [4.78, 5) is 3.39. The van der Waals surface area contributed by atoms with E-state index in [1.807, 2.05) is 24.3 Å². The van der Waals surface area contributed by atoms with Crippen molar-refractivity contribution in [2.75, 3.05) is 50.2 Å². The molecule has 4 rings (SSSR count). The first-order chi connectivity index (χ1) is 17.8. The van der Waals surface area contributed by atoms with E-state index < -0.39 is 12.7 Å². The molecule has 9 heteroatoms. The molecule has 2 heterocycles. The fraction of sp³-hybridized carbons (Fsp3) is 0.429. The first-order valence-corrected chi connectivity index (χ1v) is 13.4. The van der Waals surface area contributed by atoms with Gasteiger partial charge < -0.3 is 24.8 Å². The SMILES string of the molecule is CCSc1ccc(NCC#Cc2cc3c(NC4CCN(C)CC4)cccc3n2CC(F)(F)F)c(OC)c1. The zero-order chi connectivity index (χ0) is 26.4. The number of piperidine rings is 1. The lowest BCUT2D eigenvalue weighted by atomic mass is 10.0. The molecule has 0 aliphatic carbocycles. The van der Waals surface area contributed by atoms with Gasteiger partial charge in [0.05, 0.1) is 30.6 Å². The number of alkyl halides is 3. The number of benzene rings is 2. The van der Waals surface area contributed by atoms with Crippen LogP contribution in [-0.2, 0) is 6.54 Å². The molecule has 1 aliphatic rings. The Morgan fingerprint density at radius 2 is 1.89 bits per heavy atom. The van der Waals surface area contributed by atoms with E-state index >= 15 is 0 Å². The molecule has 198 valence electrons. The van der Waals surface area contributed by atoms with Crippen LogP contribution in [-0.4, -0.2) is 61.2 Å². The fourth-order valence-electron chi connectivity index (χ4n) is 4.58. The Hall–Kier alpha value is -2.96. The molecule has 0 unspecified atom stereocenters. The first-order valence-electron chi connectivity index (χ1n) is 12.4. The van der Waals surface area contributed by atoms with Gasteiger partial charge in [-0.3, -0.25) is 0 Å². The zero-order valence-corrected chi connectivity index (χ0v) is 22.2. The molecule has 5 nitrogen and oxygen atoms in total. The topological polar surface area (TPSA) is 41.5 Å². The molecule has 0 atom stereocenters. The monoisotopic (exact) mass is 530 g/mol. The Morgan fingerprint density at radius 1 is 1.11 bits per heavy atom. The van der Waals surface area contributed by atoms with Crippen molar-refractivity contribution in [3.8, 4) is 17.6 Å². The molecule has 3 aromatic rings. The number of halogens is 3. The number of thioether (sulfide) groups is 1. The minimum Gasteiger partial charge on any atom is -0.495 e. The van der Waals surface area contributed by atoms with E-state index in [1.54, 1.807) is 37.1 Å². The summed E-state index contributed by atoms with van der Waals surface area (Å²) < 4.78 is 47.2. The molecule has 2 N–H and O–H groups in total. The second-order valence-electron chi connectivity index (χ2n) is 9.14. The summed E-state index contributed by atoms with van der Waals surface area (Å²) in [6.45, 7) is 3.26. The second kappa shape index (κ2) is 12.1. The van der Waals surface area contributed by atoms with E-state index in [9.17, 15) is 13.2 Å². The molecule has 0 amide bonds. The number of likely N-dealkylation sites (tertiary alicyclic amines) is 1. The number of nitrogens with zero attached hydrogens (tertiary/aromatic N) is 2. The predicted molar refractivity (Wildman–Crippen MR) is 147 cm³/mol. The van der Waals surface area contributed by atoms with Gasteiger partial charge in [0.1, 0.15) is 12.3 Å². The van der Waals surface area contributed by atoms with E-state index in [2.05, 4.69) is 41.3 Å². The molecule has 2 aromatic carbocycles. The van der Waals surface area contributed by atoms with Gasteiger partial charge in [-0.15, -0.1) is 11.8 Å². The standard InChI is InChI=1S/C28H33F3N4OS/c1-4-37-22-10-11-25(27(18-22)36-3)32-14-6-7-21-17-23-24(33-20-12-15-34(2)16-13-20)8-5-9-26(23)35(21)19-28(29,30)31/h5,8-11,17-18,20,32-33H,4,12-16,19H2,1-3H3. The number of rotatable bonds is 8. The number of ether oxygens (including phenoxy) is 1. The van der Waals surface area contributed by atoms with Crippen LogP contribution in [0.2, 0.25) is 0 Å². The second-order valence-corrected chi connectivity index (χ2v) is 10.5.